The van der Waals surface area contributed by atoms with E-state index in [1.807, 2.05) is 41.2 Å². The highest BCUT2D eigenvalue weighted by Gasteiger charge is 2.14. The smallest absolute Gasteiger partial charge is 0.158 e. The van der Waals surface area contributed by atoms with Crippen molar-refractivity contribution in [1.29, 1.82) is 0 Å². The summed E-state index contributed by atoms with van der Waals surface area (Å²) in [5.41, 5.74) is 1.05. The number of rotatable bonds is 3. The lowest BCUT2D eigenvalue weighted by Crippen LogP contribution is -2.29. The quantitative estimate of drug-likeness (QED) is 0.917. The van der Waals surface area contributed by atoms with Crippen LogP contribution >= 0.6 is 0 Å². The number of aromatic nitrogens is 2. The molecule has 3 rings (SSSR count). The van der Waals surface area contributed by atoms with E-state index in [1.165, 1.54) is 12.8 Å². The van der Waals surface area contributed by atoms with Crippen molar-refractivity contribution in [2.75, 3.05) is 13.1 Å². The molecule has 0 bridgehead atoms. The molecule has 0 radical (unpaired) electrons. The molecule has 2 aromatic rings. The number of nitrogens with zero attached hydrogens (tertiary/aromatic N) is 2. The lowest BCUT2D eigenvalue weighted by Gasteiger charge is -2.15. The Bertz CT molecular complexity index is 501. The van der Waals surface area contributed by atoms with Crippen molar-refractivity contribution in [1.82, 2.24) is 15.1 Å². The first-order valence-electron chi connectivity index (χ1n) is 6.89. The topological polar surface area (TPSA) is 39.1 Å². The van der Waals surface area contributed by atoms with Gasteiger partial charge in [-0.15, -0.1) is 0 Å². The van der Waals surface area contributed by atoms with Crippen LogP contribution in [-0.4, -0.2) is 29.0 Å². The number of hydrogen-bond donors (Lipinski definition) is 1. The molecule has 0 aliphatic carbocycles. The molecule has 19 heavy (non-hydrogen) atoms. The third kappa shape index (κ3) is 3.15. The molecule has 0 saturated carbocycles. The Morgan fingerprint density at radius 2 is 2.11 bits per heavy atom. The summed E-state index contributed by atoms with van der Waals surface area (Å²) in [5.74, 6) is 0.845. The summed E-state index contributed by atoms with van der Waals surface area (Å²) in [4.78, 5) is 0. The summed E-state index contributed by atoms with van der Waals surface area (Å²) < 4.78 is 7.84. The molecule has 0 amide bonds. The molecule has 2 heterocycles. The van der Waals surface area contributed by atoms with E-state index in [2.05, 4.69) is 10.4 Å². The first kappa shape index (κ1) is 12.2. The predicted molar refractivity (Wildman–Crippen MR) is 74.7 cm³/mol. The molecule has 1 fully saturated rings. The van der Waals surface area contributed by atoms with Crippen LogP contribution in [0.25, 0.3) is 5.69 Å². The van der Waals surface area contributed by atoms with Crippen molar-refractivity contribution >= 4 is 0 Å². The molecule has 1 aromatic carbocycles. The lowest BCUT2D eigenvalue weighted by molar-refractivity contribution is 0.194. The zero-order chi connectivity index (χ0) is 12.9. The van der Waals surface area contributed by atoms with E-state index in [0.29, 0.717) is 0 Å². The molecule has 4 heteroatoms. The maximum atomic E-state index is 5.99. The van der Waals surface area contributed by atoms with Crippen LogP contribution in [0.3, 0.4) is 0 Å². The van der Waals surface area contributed by atoms with Crippen molar-refractivity contribution in [3.05, 3.63) is 42.7 Å². The van der Waals surface area contributed by atoms with Gasteiger partial charge in [0.15, 0.2) is 5.75 Å². The highest BCUT2D eigenvalue weighted by atomic mass is 16.5. The third-order valence-corrected chi connectivity index (χ3v) is 3.38. The summed E-state index contributed by atoms with van der Waals surface area (Å²) >= 11 is 0. The first-order chi connectivity index (χ1) is 9.42. The van der Waals surface area contributed by atoms with Gasteiger partial charge in [-0.3, -0.25) is 0 Å². The van der Waals surface area contributed by atoms with Gasteiger partial charge in [-0.2, -0.15) is 5.10 Å². The van der Waals surface area contributed by atoms with Crippen molar-refractivity contribution in [2.45, 2.75) is 25.4 Å². The van der Waals surface area contributed by atoms with E-state index in [1.54, 1.807) is 6.20 Å². The van der Waals surface area contributed by atoms with Gasteiger partial charge in [0.25, 0.3) is 0 Å². The van der Waals surface area contributed by atoms with Gasteiger partial charge in [0.1, 0.15) is 6.10 Å². The van der Waals surface area contributed by atoms with Gasteiger partial charge in [-0.05, 0) is 37.9 Å². The normalized spacial score (nSPS) is 19.9. The Balaban J connectivity index is 1.68. The minimum atomic E-state index is 0.260. The van der Waals surface area contributed by atoms with Crippen molar-refractivity contribution in [2.24, 2.45) is 0 Å². The van der Waals surface area contributed by atoms with Gasteiger partial charge >= 0.3 is 0 Å². The second kappa shape index (κ2) is 5.89. The molecule has 1 aromatic heterocycles. The van der Waals surface area contributed by atoms with Crippen LogP contribution in [-0.2, 0) is 0 Å². The molecular formula is C15H19N3O. The molecule has 0 spiro atoms. The van der Waals surface area contributed by atoms with E-state index >= 15 is 0 Å². The van der Waals surface area contributed by atoms with Crippen molar-refractivity contribution in [3.8, 4) is 11.4 Å². The number of nitrogens with one attached hydrogen (secondary N) is 1. The Morgan fingerprint density at radius 3 is 3.00 bits per heavy atom. The van der Waals surface area contributed by atoms with Gasteiger partial charge in [0.05, 0.1) is 18.1 Å². The van der Waals surface area contributed by atoms with E-state index in [4.69, 9.17) is 4.74 Å². The Morgan fingerprint density at radius 1 is 1.21 bits per heavy atom. The number of benzene rings is 1. The van der Waals surface area contributed by atoms with Gasteiger partial charge in [-0.25, -0.2) is 4.68 Å². The summed E-state index contributed by atoms with van der Waals surface area (Å²) in [6.07, 6.45) is 7.57. The minimum absolute atomic E-state index is 0.260. The van der Waals surface area contributed by atoms with Gasteiger partial charge < -0.3 is 10.1 Å². The summed E-state index contributed by atoms with van der Waals surface area (Å²) in [6.45, 7) is 2.03. The summed E-state index contributed by atoms with van der Waals surface area (Å²) in [7, 11) is 0. The van der Waals surface area contributed by atoms with Crippen molar-refractivity contribution < 1.29 is 4.74 Å². The van der Waals surface area contributed by atoms with Crippen LogP contribution in [0.2, 0.25) is 0 Å². The monoisotopic (exact) mass is 257 g/mol. The Labute approximate surface area is 113 Å². The van der Waals surface area contributed by atoms with Gasteiger partial charge in [-0.1, -0.05) is 18.2 Å². The van der Waals surface area contributed by atoms with Crippen LogP contribution in [0, 0.1) is 0 Å². The zero-order valence-electron chi connectivity index (χ0n) is 11.0. The Kier molecular flexibility index (Phi) is 3.79. The fraction of sp³-hybridized carbons (Fsp3) is 0.400. The fourth-order valence-electron chi connectivity index (χ4n) is 2.37. The second-order valence-electron chi connectivity index (χ2n) is 4.90. The van der Waals surface area contributed by atoms with E-state index in [0.717, 1.165) is 30.9 Å². The second-order valence-corrected chi connectivity index (χ2v) is 4.90. The van der Waals surface area contributed by atoms with E-state index < -0.39 is 0 Å². The average Bonchev–Trinajstić information content (AvgIpc) is 2.76. The van der Waals surface area contributed by atoms with Crippen LogP contribution < -0.4 is 10.1 Å². The summed E-state index contributed by atoms with van der Waals surface area (Å²) in [5, 5.41) is 7.75. The van der Waals surface area contributed by atoms with E-state index in [9.17, 15) is 0 Å². The number of hydrogen-bond acceptors (Lipinski definition) is 3. The van der Waals surface area contributed by atoms with Crippen molar-refractivity contribution in [3.63, 3.8) is 0 Å². The first-order valence-corrected chi connectivity index (χ1v) is 6.89. The minimum Gasteiger partial charge on any atom is -0.486 e. The Hall–Kier alpha value is -1.81. The molecule has 4 nitrogen and oxygen atoms in total. The van der Waals surface area contributed by atoms with Gasteiger partial charge in [0, 0.05) is 6.54 Å². The molecule has 100 valence electrons. The van der Waals surface area contributed by atoms with Crippen LogP contribution in [0.1, 0.15) is 19.3 Å². The average molecular weight is 257 g/mol. The molecule has 1 aliphatic heterocycles. The SMILES string of the molecule is c1ccc(-n2cc(OC3CCCCNC3)cn2)cc1. The highest BCUT2D eigenvalue weighted by Crippen LogP contribution is 2.17. The number of para-hydroxylation sites is 1. The van der Waals surface area contributed by atoms with Crippen LogP contribution in [0.4, 0.5) is 0 Å². The molecule has 1 aliphatic rings. The van der Waals surface area contributed by atoms with Crippen LogP contribution in [0.5, 0.6) is 5.75 Å². The third-order valence-electron chi connectivity index (χ3n) is 3.38. The molecular weight excluding hydrogens is 238 g/mol. The highest BCUT2D eigenvalue weighted by molar-refractivity contribution is 5.32. The molecule has 1 N–H and O–H groups in total. The standard InChI is InChI=1S/C15H19N3O/c1-2-6-13(7-3-1)18-12-15(11-17-18)19-14-8-4-5-9-16-10-14/h1-3,6-7,11-12,14,16H,4-5,8-10H2. The molecule has 1 saturated heterocycles. The largest absolute Gasteiger partial charge is 0.486 e. The predicted octanol–water partition coefficient (Wildman–Crippen LogP) is 2.39. The van der Waals surface area contributed by atoms with E-state index in [-0.39, 0.29) is 6.10 Å². The summed E-state index contributed by atoms with van der Waals surface area (Å²) in [6, 6.07) is 10.1. The van der Waals surface area contributed by atoms with Gasteiger partial charge in [0.2, 0.25) is 0 Å². The maximum absolute atomic E-state index is 5.99. The molecule has 1 atom stereocenters. The molecule has 1 unspecified atom stereocenters. The fourth-order valence-corrected chi connectivity index (χ4v) is 2.37. The maximum Gasteiger partial charge on any atom is 0.158 e. The lowest BCUT2D eigenvalue weighted by atomic mass is 10.2. The van der Waals surface area contributed by atoms with Crippen LogP contribution in [0.15, 0.2) is 42.7 Å². The number of ether oxygens (including phenoxy) is 1. The zero-order valence-corrected chi connectivity index (χ0v) is 11.0.